The summed E-state index contributed by atoms with van der Waals surface area (Å²) in [6.45, 7) is 3.83. The summed E-state index contributed by atoms with van der Waals surface area (Å²) in [5, 5.41) is 0.399. The minimum atomic E-state index is -3.66. The zero-order valence-corrected chi connectivity index (χ0v) is 16.9. The molecule has 2 aromatic rings. The minimum Gasteiger partial charge on any atom is -0.490 e. The van der Waals surface area contributed by atoms with E-state index in [1.54, 1.807) is 49.5 Å². The summed E-state index contributed by atoms with van der Waals surface area (Å²) in [4.78, 5) is 14.0. The summed E-state index contributed by atoms with van der Waals surface area (Å²) in [6.07, 6.45) is 0. The third kappa shape index (κ3) is 4.20. The largest absolute Gasteiger partial charge is 0.490 e. The molecule has 0 saturated carbocycles. The van der Waals surface area contributed by atoms with Crippen LogP contribution in [0.1, 0.15) is 19.4 Å². The molecular weight excluding hydrogens is 388 g/mol. The molecule has 0 bridgehead atoms. The lowest BCUT2D eigenvalue weighted by atomic mass is 9.93. The van der Waals surface area contributed by atoms with E-state index >= 15 is 0 Å². The summed E-state index contributed by atoms with van der Waals surface area (Å²) >= 11 is 6.05. The molecule has 1 aliphatic heterocycles. The van der Waals surface area contributed by atoms with Crippen LogP contribution in [-0.2, 0) is 20.6 Å². The summed E-state index contributed by atoms with van der Waals surface area (Å²) < 4.78 is 33.3. The lowest BCUT2D eigenvalue weighted by Gasteiger charge is -2.24. The van der Waals surface area contributed by atoms with E-state index in [1.165, 1.54) is 4.90 Å². The van der Waals surface area contributed by atoms with Crippen molar-refractivity contribution in [1.82, 2.24) is 0 Å². The molecule has 3 rings (SSSR count). The van der Waals surface area contributed by atoms with E-state index in [2.05, 4.69) is 4.72 Å². The van der Waals surface area contributed by atoms with Crippen LogP contribution in [0, 0.1) is 5.41 Å². The number of rotatable bonds is 4. The number of nitrogens with zero attached hydrogens (tertiary/aromatic N) is 1. The molecule has 2 aromatic carbocycles. The molecule has 1 heterocycles. The van der Waals surface area contributed by atoms with E-state index in [0.29, 0.717) is 27.7 Å². The molecule has 0 unspecified atom stereocenters. The topological polar surface area (TPSA) is 75.7 Å². The number of hydrogen-bond donors (Lipinski definition) is 1. The van der Waals surface area contributed by atoms with Crippen LogP contribution in [0.15, 0.2) is 42.5 Å². The Bertz CT molecular complexity index is 989. The Balaban J connectivity index is 1.85. The van der Waals surface area contributed by atoms with Crippen molar-refractivity contribution in [2.24, 2.45) is 5.41 Å². The van der Waals surface area contributed by atoms with Crippen LogP contribution in [0.3, 0.4) is 0 Å². The average Bonchev–Trinajstić information content (AvgIpc) is 2.67. The fourth-order valence-electron chi connectivity index (χ4n) is 2.89. The van der Waals surface area contributed by atoms with E-state index in [1.807, 2.05) is 13.8 Å². The van der Waals surface area contributed by atoms with Gasteiger partial charge in [0.1, 0.15) is 12.4 Å². The van der Waals surface area contributed by atoms with E-state index in [-0.39, 0.29) is 18.3 Å². The summed E-state index contributed by atoms with van der Waals surface area (Å²) in [5.41, 5.74) is 0.808. The van der Waals surface area contributed by atoms with Crippen LogP contribution >= 0.6 is 11.6 Å². The van der Waals surface area contributed by atoms with Crippen molar-refractivity contribution in [2.75, 3.05) is 23.3 Å². The zero-order chi connectivity index (χ0) is 19.8. The van der Waals surface area contributed by atoms with Gasteiger partial charge in [-0.1, -0.05) is 29.8 Å². The number of hydrogen-bond acceptors (Lipinski definition) is 4. The number of sulfonamides is 1. The SMILES string of the molecule is CN1C(=O)C(C)(C)COc2cc(NS(=O)(=O)Cc3ccccc3Cl)ccc21. The molecule has 1 amide bonds. The number of halogens is 1. The van der Waals surface area contributed by atoms with Crippen LogP contribution in [-0.4, -0.2) is 28.0 Å². The first-order chi connectivity index (χ1) is 12.6. The summed E-state index contributed by atoms with van der Waals surface area (Å²) in [7, 11) is -1.98. The van der Waals surface area contributed by atoms with Gasteiger partial charge in [0, 0.05) is 18.1 Å². The van der Waals surface area contributed by atoms with Crippen LogP contribution in [0.2, 0.25) is 5.02 Å². The Kier molecular flexibility index (Phi) is 5.10. The number of benzene rings is 2. The van der Waals surface area contributed by atoms with Gasteiger partial charge in [-0.15, -0.1) is 0 Å². The second-order valence-corrected chi connectivity index (χ2v) is 9.30. The number of fused-ring (bicyclic) bond motifs is 1. The predicted octanol–water partition coefficient (Wildman–Crippen LogP) is 3.66. The zero-order valence-electron chi connectivity index (χ0n) is 15.3. The number of carbonyl (C=O) groups excluding carboxylic acids is 1. The number of amides is 1. The van der Waals surface area contributed by atoms with Gasteiger partial charge >= 0.3 is 0 Å². The van der Waals surface area contributed by atoms with Crippen molar-refractivity contribution >= 4 is 38.9 Å². The van der Waals surface area contributed by atoms with Gasteiger partial charge in [-0.3, -0.25) is 9.52 Å². The molecule has 0 saturated heterocycles. The highest BCUT2D eigenvalue weighted by atomic mass is 35.5. The smallest absolute Gasteiger partial charge is 0.236 e. The van der Waals surface area contributed by atoms with Crippen LogP contribution < -0.4 is 14.4 Å². The summed E-state index contributed by atoms with van der Waals surface area (Å²) in [5.74, 6) is 0.151. The Hall–Kier alpha value is -2.25. The predicted molar refractivity (Wildman–Crippen MR) is 107 cm³/mol. The Morgan fingerprint density at radius 3 is 2.63 bits per heavy atom. The third-order valence-electron chi connectivity index (χ3n) is 4.37. The molecule has 0 radical (unpaired) electrons. The highest BCUT2D eigenvalue weighted by Gasteiger charge is 2.36. The average molecular weight is 409 g/mol. The van der Waals surface area contributed by atoms with Crippen molar-refractivity contribution in [3.8, 4) is 5.75 Å². The molecule has 144 valence electrons. The van der Waals surface area contributed by atoms with Crippen LogP contribution in [0.25, 0.3) is 0 Å². The third-order valence-corrected chi connectivity index (χ3v) is 5.98. The number of anilines is 2. The van der Waals surface area contributed by atoms with Gasteiger partial charge in [0.15, 0.2) is 0 Å². The van der Waals surface area contributed by atoms with E-state index in [9.17, 15) is 13.2 Å². The molecule has 0 aliphatic carbocycles. The van der Waals surface area contributed by atoms with Gasteiger partial charge in [-0.2, -0.15) is 0 Å². The molecule has 1 N–H and O–H groups in total. The van der Waals surface area contributed by atoms with Crippen molar-refractivity contribution in [3.63, 3.8) is 0 Å². The lowest BCUT2D eigenvalue weighted by molar-refractivity contribution is -0.127. The Morgan fingerprint density at radius 2 is 1.93 bits per heavy atom. The van der Waals surface area contributed by atoms with Gasteiger partial charge in [-0.05, 0) is 37.6 Å². The molecule has 1 aliphatic rings. The lowest BCUT2D eigenvalue weighted by Crippen LogP contribution is -2.39. The first-order valence-electron chi connectivity index (χ1n) is 8.38. The maximum absolute atomic E-state index is 12.5. The summed E-state index contributed by atoms with van der Waals surface area (Å²) in [6, 6.07) is 11.7. The Labute approximate surface area is 164 Å². The monoisotopic (exact) mass is 408 g/mol. The molecule has 0 fully saturated rings. The van der Waals surface area contributed by atoms with Gasteiger partial charge in [0.25, 0.3) is 0 Å². The van der Waals surface area contributed by atoms with Crippen molar-refractivity contribution in [3.05, 3.63) is 53.1 Å². The van der Waals surface area contributed by atoms with Gasteiger partial charge < -0.3 is 9.64 Å². The molecule has 0 aromatic heterocycles. The quantitative estimate of drug-likeness (QED) is 0.837. The molecule has 8 heteroatoms. The maximum atomic E-state index is 12.5. The van der Waals surface area contributed by atoms with E-state index < -0.39 is 15.4 Å². The maximum Gasteiger partial charge on any atom is 0.236 e. The highest BCUT2D eigenvalue weighted by Crippen LogP contribution is 2.37. The fraction of sp³-hybridized carbons (Fsp3) is 0.316. The molecule has 0 spiro atoms. The fourth-order valence-corrected chi connectivity index (χ4v) is 4.39. The number of carbonyl (C=O) groups is 1. The van der Waals surface area contributed by atoms with Crippen molar-refractivity contribution in [2.45, 2.75) is 19.6 Å². The molecular formula is C19H21ClN2O4S. The Morgan fingerprint density at radius 1 is 1.22 bits per heavy atom. The molecule has 0 atom stereocenters. The van der Waals surface area contributed by atoms with Gasteiger partial charge in [0.05, 0.1) is 22.5 Å². The first-order valence-corrected chi connectivity index (χ1v) is 10.4. The molecule has 6 nitrogen and oxygen atoms in total. The first kappa shape index (κ1) is 19.5. The molecule has 27 heavy (non-hydrogen) atoms. The second kappa shape index (κ2) is 7.05. The van der Waals surface area contributed by atoms with E-state index in [0.717, 1.165) is 0 Å². The van der Waals surface area contributed by atoms with E-state index in [4.69, 9.17) is 16.3 Å². The number of ether oxygens (including phenoxy) is 1. The van der Waals surface area contributed by atoms with Crippen molar-refractivity contribution in [1.29, 1.82) is 0 Å². The minimum absolute atomic E-state index is 0.0618. The van der Waals surface area contributed by atoms with Crippen molar-refractivity contribution < 1.29 is 17.9 Å². The normalized spacial score (nSPS) is 16.3. The van der Waals surface area contributed by atoms with Gasteiger partial charge in [0.2, 0.25) is 15.9 Å². The van der Waals surface area contributed by atoms with Crippen LogP contribution in [0.5, 0.6) is 5.75 Å². The standard InChI is InChI=1S/C19H21ClN2O4S/c1-19(2)12-26-17-10-14(8-9-16(17)22(3)18(19)23)21-27(24,25)11-13-6-4-5-7-15(13)20/h4-10,21H,11-12H2,1-3H3. The highest BCUT2D eigenvalue weighted by molar-refractivity contribution is 7.91. The van der Waals surface area contributed by atoms with Gasteiger partial charge in [-0.25, -0.2) is 8.42 Å². The number of nitrogens with one attached hydrogen (secondary N) is 1. The van der Waals surface area contributed by atoms with Crippen LogP contribution in [0.4, 0.5) is 11.4 Å². The second-order valence-electron chi connectivity index (χ2n) is 7.17.